The van der Waals surface area contributed by atoms with Crippen LogP contribution in [0.3, 0.4) is 0 Å². The van der Waals surface area contributed by atoms with Crippen molar-refractivity contribution in [3.63, 3.8) is 0 Å². The number of aliphatic carboxylic acids is 1. The largest absolute Gasteiger partial charge is 0.500 e. The molecule has 0 saturated heterocycles. The molecule has 0 aliphatic heterocycles. The maximum absolute atomic E-state index is 13.2. The number of methoxy groups -OCH3 is 1. The average molecular weight is 364 g/mol. The minimum absolute atomic E-state index is 0.136. The van der Waals surface area contributed by atoms with Crippen molar-refractivity contribution in [3.05, 3.63) is 41.3 Å². The number of hydrogen-bond donors (Lipinski definition) is 1. The summed E-state index contributed by atoms with van der Waals surface area (Å²) < 4.78 is 23.2. The van der Waals surface area contributed by atoms with Gasteiger partial charge in [0, 0.05) is 11.1 Å². The zero-order chi connectivity index (χ0) is 18.9. The second kappa shape index (κ2) is 9.89. The van der Waals surface area contributed by atoms with Gasteiger partial charge in [0.25, 0.3) is 0 Å². The van der Waals surface area contributed by atoms with E-state index in [1.807, 2.05) is 0 Å². The highest BCUT2D eigenvalue weighted by molar-refractivity contribution is 6.87. The first-order valence-electron chi connectivity index (χ1n) is 8.31. The van der Waals surface area contributed by atoms with Crippen LogP contribution in [0.25, 0.3) is 0 Å². The van der Waals surface area contributed by atoms with Crippen molar-refractivity contribution in [1.82, 2.24) is 0 Å². The lowest BCUT2D eigenvalue weighted by Crippen LogP contribution is -2.29. The lowest BCUT2D eigenvalue weighted by molar-refractivity contribution is -0.135. The Morgan fingerprint density at radius 3 is 2.40 bits per heavy atom. The highest BCUT2D eigenvalue weighted by Crippen LogP contribution is 2.24. The standard InChI is InChI=1S/C19H25FO4Si/c1-5-25(6-2,7-3)11-10-15-8-9-16(13-20)17(12-15)24-18(14-23-4)19(21)22/h8-9,12,14H,5-7,13H2,1-4H3,(H,21,22)/b18-14-. The summed E-state index contributed by atoms with van der Waals surface area (Å²) in [6.45, 7) is 5.75. The summed E-state index contributed by atoms with van der Waals surface area (Å²) in [6.07, 6.45) is 0.964. The summed E-state index contributed by atoms with van der Waals surface area (Å²) in [5.41, 5.74) is 4.39. The molecule has 0 saturated carbocycles. The van der Waals surface area contributed by atoms with Gasteiger partial charge in [0.15, 0.2) is 0 Å². The van der Waals surface area contributed by atoms with E-state index in [0.717, 1.165) is 24.4 Å². The Labute approximate surface area is 149 Å². The second-order valence-corrected chi connectivity index (χ2v) is 10.6. The molecule has 1 N–H and O–H groups in total. The number of carboxylic acids is 1. The number of halogens is 1. The average Bonchev–Trinajstić information content (AvgIpc) is 2.63. The second-order valence-electron chi connectivity index (χ2n) is 5.67. The van der Waals surface area contributed by atoms with Crippen LogP contribution in [0.1, 0.15) is 31.9 Å². The molecule has 0 atom stereocenters. The van der Waals surface area contributed by atoms with Gasteiger partial charge < -0.3 is 14.6 Å². The molecule has 136 valence electrons. The van der Waals surface area contributed by atoms with E-state index in [-0.39, 0.29) is 11.3 Å². The fourth-order valence-corrected chi connectivity index (χ4v) is 4.84. The number of ether oxygens (including phenoxy) is 2. The van der Waals surface area contributed by atoms with Crippen LogP contribution in [0.15, 0.2) is 30.2 Å². The van der Waals surface area contributed by atoms with Crippen molar-refractivity contribution < 1.29 is 23.8 Å². The molecule has 0 aliphatic carbocycles. The molecule has 6 heteroatoms. The molecule has 0 bridgehead atoms. The molecule has 1 aromatic carbocycles. The third-order valence-electron chi connectivity index (χ3n) is 4.37. The molecule has 0 amide bonds. The Morgan fingerprint density at radius 2 is 1.92 bits per heavy atom. The minimum atomic E-state index is -1.60. The molecule has 0 aromatic heterocycles. The van der Waals surface area contributed by atoms with Gasteiger partial charge in [-0.3, -0.25) is 0 Å². The Kier molecular flexibility index (Phi) is 8.22. The quantitative estimate of drug-likeness (QED) is 0.319. The summed E-state index contributed by atoms with van der Waals surface area (Å²) >= 11 is 0. The lowest BCUT2D eigenvalue weighted by atomic mass is 10.1. The van der Waals surface area contributed by atoms with Crippen molar-refractivity contribution in [3.8, 4) is 17.2 Å². The van der Waals surface area contributed by atoms with Crippen LogP contribution in [0.4, 0.5) is 4.39 Å². The molecule has 0 radical (unpaired) electrons. The fourth-order valence-electron chi connectivity index (χ4n) is 2.40. The maximum atomic E-state index is 13.2. The van der Waals surface area contributed by atoms with Crippen molar-refractivity contribution in [1.29, 1.82) is 0 Å². The summed E-state index contributed by atoms with van der Waals surface area (Å²) in [6, 6.07) is 8.12. The lowest BCUT2D eigenvalue weighted by Gasteiger charge is -2.20. The maximum Gasteiger partial charge on any atom is 0.375 e. The summed E-state index contributed by atoms with van der Waals surface area (Å²) in [5.74, 6) is 1.60. The van der Waals surface area contributed by atoms with Crippen LogP contribution in [0.2, 0.25) is 18.1 Å². The van der Waals surface area contributed by atoms with Crippen LogP contribution in [-0.2, 0) is 16.2 Å². The van der Waals surface area contributed by atoms with Crippen molar-refractivity contribution >= 4 is 14.0 Å². The normalized spacial score (nSPS) is 11.5. The Bertz CT molecular complexity index is 676. The van der Waals surface area contributed by atoms with E-state index in [1.165, 1.54) is 7.11 Å². The third-order valence-corrected chi connectivity index (χ3v) is 9.09. The van der Waals surface area contributed by atoms with Crippen molar-refractivity contribution in [2.45, 2.75) is 45.6 Å². The van der Waals surface area contributed by atoms with Crippen molar-refractivity contribution in [2.24, 2.45) is 0 Å². The van der Waals surface area contributed by atoms with Gasteiger partial charge in [-0.05, 0) is 30.3 Å². The Hall–Kier alpha value is -2.26. The van der Waals surface area contributed by atoms with Crippen LogP contribution >= 0.6 is 0 Å². The van der Waals surface area contributed by atoms with Crippen LogP contribution in [0, 0.1) is 11.5 Å². The first-order valence-corrected chi connectivity index (χ1v) is 10.9. The first kappa shape index (κ1) is 20.8. The number of alkyl halides is 1. The number of hydrogen-bond acceptors (Lipinski definition) is 3. The van der Waals surface area contributed by atoms with Crippen LogP contribution in [0.5, 0.6) is 5.75 Å². The van der Waals surface area contributed by atoms with Crippen LogP contribution < -0.4 is 4.74 Å². The van der Waals surface area contributed by atoms with E-state index in [1.54, 1.807) is 18.2 Å². The minimum Gasteiger partial charge on any atom is -0.500 e. The number of carboxylic acid groups (broad SMARTS) is 1. The SMILES string of the molecule is CC[Si](C#Cc1ccc(CF)c(O/C(=C\OC)C(=O)O)c1)(CC)CC. The van der Waals surface area contributed by atoms with E-state index in [4.69, 9.17) is 14.6 Å². The molecular formula is C19H25FO4Si. The van der Waals surface area contributed by atoms with E-state index >= 15 is 0 Å². The summed E-state index contributed by atoms with van der Waals surface area (Å²) in [4.78, 5) is 11.2. The molecule has 25 heavy (non-hydrogen) atoms. The molecule has 0 aliphatic rings. The summed E-state index contributed by atoms with van der Waals surface area (Å²) in [7, 11) is -0.289. The van der Waals surface area contributed by atoms with Gasteiger partial charge >= 0.3 is 5.97 Å². The van der Waals surface area contributed by atoms with Crippen LogP contribution in [-0.4, -0.2) is 26.3 Å². The van der Waals surface area contributed by atoms with Gasteiger partial charge in [0.1, 0.15) is 26.8 Å². The first-order chi connectivity index (χ1) is 11.9. The van der Waals surface area contributed by atoms with Gasteiger partial charge in [0.05, 0.1) is 7.11 Å². The number of benzene rings is 1. The third kappa shape index (κ3) is 5.64. The zero-order valence-electron chi connectivity index (χ0n) is 15.2. The molecule has 1 aromatic rings. The van der Waals surface area contributed by atoms with Gasteiger partial charge in [-0.1, -0.05) is 32.8 Å². The monoisotopic (exact) mass is 364 g/mol. The smallest absolute Gasteiger partial charge is 0.375 e. The van der Waals surface area contributed by atoms with E-state index in [9.17, 15) is 9.18 Å². The number of rotatable bonds is 8. The van der Waals surface area contributed by atoms with Gasteiger partial charge in [-0.25, -0.2) is 9.18 Å². The fraction of sp³-hybridized carbons (Fsp3) is 0.421. The van der Waals surface area contributed by atoms with E-state index in [2.05, 4.69) is 32.2 Å². The molecular weight excluding hydrogens is 339 g/mol. The van der Waals surface area contributed by atoms with Gasteiger partial charge in [-0.2, -0.15) is 0 Å². The van der Waals surface area contributed by atoms with Gasteiger partial charge in [0.2, 0.25) is 5.76 Å². The zero-order valence-corrected chi connectivity index (χ0v) is 16.2. The molecule has 4 nitrogen and oxygen atoms in total. The Balaban J connectivity index is 3.23. The Morgan fingerprint density at radius 1 is 1.28 bits per heavy atom. The predicted octanol–water partition coefficient (Wildman–Crippen LogP) is 4.51. The molecule has 1 rings (SSSR count). The highest BCUT2D eigenvalue weighted by Gasteiger charge is 2.24. The summed E-state index contributed by atoms with van der Waals surface area (Å²) in [5, 5.41) is 9.11. The molecule has 0 spiro atoms. The molecule has 0 unspecified atom stereocenters. The number of carbonyl (C=O) groups is 1. The van der Waals surface area contributed by atoms with Gasteiger partial charge in [-0.15, -0.1) is 5.54 Å². The topological polar surface area (TPSA) is 55.8 Å². The van der Waals surface area contributed by atoms with E-state index in [0.29, 0.717) is 5.56 Å². The molecule has 0 heterocycles. The highest BCUT2D eigenvalue weighted by atomic mass is 28.3. The van der Waals surface area contributed by atoms with Crippen molar-refractivity contribution in [2.75, 3.05) is 7.11 Å². The van der Waals surface area contributed by atoms with E-state index < -0.39 is 26.5 Å². The predicted molar refractivity (Wildman–Crippen MR) is 98.7 cm³/mol. The molecule has 0 fully saturated rings.